The zero-order chi connectivity index (χ0) is 25.2. The Labute approximate surface area is 204 Å². The molecule has 0 radical (unpaired) electrons. The van der Waals surface area contributed by atoms with E-state index in [4.69, 9.17) is 9.84 Å². The van der Waals surface area contributed by atoms with Gasteiger partial charge in [-0.3, -0.25) is 4.79 Å². The molecule has 0 saturated heterocycles. The predicted octanol–water partition coefficient (Wildman–Crippen LogP) is 6.60. The number of halogens is 4. The number of amides is 1. The zero-order valence-corrected chi connectivity index (χ0v) is 19.1. The molecule has 35 heavy (non-hydrogen) atoms. The first-order valence-electron chi connectivity index (χ1n) is 9.94. The highest BCUT2D eigenvalue weighted by Crippen LogP contribution is 2.36. The Bertz CT molecular complexity index is 1420. The van der Waals surface area contributed by atoms with Crippen LogP contribution in [0.2, 0.25) is 0 Å². The monoisotopic (exact) mass is 545 g/mol. The molecule has 0 saturated carbocycles. The maximum absolute atomic E-state index is 13.1. The molecule has 7 nitrogen and oxygen atoms in total. The molecule has 0 unspecified atom stereocenters. The number of ether oxygens (including phenoxy) is 1. The average molecular weight is 546 g/mol. The second-order valence-corrected chi connectivity index (χ2v) is 8.11. The van der Waals surface area contributed by atoms with Crippen molar-refractivity contribution in [2.45, 2.75) is 6.18 Å². The lowest BCUT2D eigenvalue weighted by molar-refractivity contribution is -0.138. The number of rotatable bonds is 6. The second-order valence-electron chi connectivity index (χ2n) is 7.26. The Hall–Kier alpha value is -4.12. The first-order chi connectivity index (χ1) is 16.6. The number of anilines is 1. The minimum absolute atomic E-state index is 0.00449. The zero-order valence-electron chi connectivity index (χ0n) is 17.6. The summed E-state index contributed by atoms with van der Waals surface area (Å²) < 4.78 is 44.9. The summed E-state index contributed by atoms with van der Waals surface area (Å²) in [5.74, 6) is -1.08. The van der Waals surface area contributed by atoms with E-state index >= 15 is 0 Å². The number of aromatic amines is 1. The van der Waals surface area contributed by atoms with Crippen LogP contribution in [0.1, 0.15) is 26.5 Å². The molecular weight excluding hydrogens is 531 g/mol. The Morgan fingerprint density at radius 1 is 1.00 bits per heavy atom. The van der Waals surface area contributed by atoms with Crippen LogP contribution in [-0.2, 0) is 6.18 Å². The van der Waals surface area contributed by atoms with Crippen LogP contribution >= 0.6 is 15.9 Å². The van der Waals surface area contributed by atoms with Crippen LogP contribution in [-0.4, -0.2) is 27.0 Å². The lowest BCUT2D eigenvalue weighted by Crippen LogP contribution is -2.13. The third-order valence-electron chi connectivity index (χ3n) is 4.81. The molecule has 3 N–H and O–H groups in total. The smallest absolute Gasteiger partial charge is 0.417 e. The number of H-pyrrole nitrogens is 1. The summed E-state index contributed by atoms with van der Waals surface area (Å²) in [4.78, 5) is 30.2. The highest BCUT2D eigenvalue weighted by molar-refractivity contribution is 9.10. The molecule has 2 heterocycles. The third-order valence-corrected chi connectivity index (χ3v) is 5.50. The molecular formula is C24H15BrF3N3O4. The fraction of sp³-hybridized carbons (Fsp3) is 0.0417. The van der Waals surface area contributed by atoms with Crippen molar-refractivity contribution in [1.82, 2.24) is 9.97 Å². The van der Waals surface area contributed by atoms with Crippen LogP contribution in [0.5, 0.6) is 11.5 Å². The number of aromatic nitrogens is 2. The number of carbonyl (C=O) groups is 2. The largest absolute Gasteiger partial charge is 0.477 e. The molecule has 0 aliphatic heterocycles. The number of alkyl halides is 3. The van der Waals surface area contributed by atoms with E-state index in [1.807, 2.05) is 0 Å². The molecule has 0 fully saturated rings. The van der Waals surface area contributed by atoms with Crippen LogP contribution < -0.4 is 10.1 Å². The Morgan fingerprint density at radius 3 is 2.51 bits per heavy atom. The van der Waals surface area contributed by atoms with Crippen molar-refractivity contribution in [2.24, 2.45) is 0 Å². The quantitative estimate of drug-likeness (QED) is 0.253. The van der Waals surface area contributed by atoms with Gasteiger partial charge in [0.05, 0.1) is 5.56 Å². The summed E-state index contributed by atoms with van der Waals surface area (Å²) in [6, 6.07) is 14.6. The number of pyridine rings is 1. The minimum Gasteiger partial charge on any atom is -0.477 e. The fourth-order valence-electron chi connectivity index (χ4n) is 3.18. The predicted molar refractivity (Wildman–Crippen MR) is 125 cm³/mol. The van der Waals surface area contributed by atoms with Crippen LogP contribution in [0, 0.1) is 0 Å². The molecule has 4 aromatic rings. The Morgan fingerprint density at radius 2 is 1.77 bits per heavy atom. The number of carboxylic acid groups (broad SMARTS) is 1. The number of hydrogen-bond donors (Lipinski definition) is 3. The standard InChI is InChI=1S/C24H15BrF3N3O4/c25-19-5-4-15(10-18(19)24(26,27)28)31-22(32)20-9-14(12-30-20)13-2-1-3-16(8-13)35-17-6-7-29-21(11-17)23(33)34/h1-12,30H,(H,31,32)(H,33,34). The maximum atomic E-state index is 13.1. The van der Waals surface area contributed by atoms with Crippen molar-refractivity contribution in [3.63, 3.8) is 0 Å². The molecule has 1 amide bonds. The van der Waals surface area contributed by atoms with Crippen molar-refractivity contribution in [3.05, 3.63) is 94.5 Å². The van der Waals surface area contributed by atoms with E-state index in [0.717, 1.165) is 6.07 Å². The second kappa shape index (κ2) is 9.63. The molecule has 2 aromatic carbocycles. The number of carboxylic acids is 1. The SMILES string of the molecule is O=C(O)c1cc(Oc2cccc(-c3c[nH]c(C(=O)Nc4ccc(Br)c(C(F)(F)F)c4)c3)c2)ccn1. The first-order valence-corrected chi connectivity index (χ1v) is 10.7. The van der Waals surface area contributed by atoms with E-state index in [1.54, 1.807) is 36.5 Å². The highest BCUT2D eigenvalue weighted by atomic mass is 79.9. The number of aromatic carboxylic acids is 1. The Kier molecular flexibility index (Phi) is 6.61. The first kappa shape index (κ1) is 24.0. The normalized spacial score (nSPS) is 11.2. The van der Waals surface area contributed by atoms with Gasteiger partial charge in [0.2, 0.25) is 0 Å². The average Bonchev–Trinajstić information content (AvgIpc) is 3.31. The van der Waals surface area contributed by atoms with E-state index in [0.29, 0.717) is 16.9 Å². The van der Waals surface area contributed by atoms with E-state index in [9.17, 15) is 22.8 Å². The maximum Gasteiger partial charge on any atom is 0.417 e. The van der Waals surface area contributed by atoms with Gasteiger partial charge in [-0.05, 0) is 48.0 Å². The van der Waals surface area contributed by atoms with Gasteiger partial charge >= 0.3 is 12.1 Å². The lowest BCUT2D eigenvalue weighted by atomic mass is 10.1. The summed E-state index contributed by atoms with van der Waals surface area (Å²) in [6.45, 7) is 0. The van der Waals surface area contributed by atoms with Gasteiger partial charge in [0.15, 0.2) is 5.69 Å². The summed E-state index contributed by atoms with van der Waals surface area (Å²) in [5, 5.41) is 11.5. The van der Waals surface area contributed by atoms with Crippen LogP contribution in [0.15, 0.2) is 77.5 Å². The minimum atomic E-state index is -4.57. The highest BCUT2D eigenvalue weighted by Gasteiger charge is 2.33. The number of benzene rings is 2. The van der Waals surface area contributed by atoms with Gasteiger partial charge < -0.3 is 20.1 Å². The van der Waals surface area contributed by atoms with E-state index < -0.39 is 23.6 Å². The number of hydrogen-bond acceptors (Lipinski definition) is 4. The number of nitrogens with one attached hydrogen (secondary N) is 2. The fourth-order valence-corrected chi connectivity index (χ4v) is 3.65. The van der Waals surface area contributed by atoms with Gasteiger partial charge in [-0.15, -0.1) is 0 Å². The third kappa shape index (κ3) is 5.69. The molecule has 178 valence electrons. The van der Waals surface area contributed by atoms with Crippen LogP contribution in [0.25, 0.3) is 11.1 Å². The van der Waals surface area contributed by atoms with Gasteiger partial charge in [0.25, 0.3) is 5.91 Å². The summed E-state index contributed by atoms with van der Waals surface area (Å²) >= 11 is 2.86. The van der Waals surface area contributed by atoms with E-state index in [-0.39, 0.29) is 27.3 Å². The van der Waals surface area contributed by atoms with Crippen LogP contribution in [0.3, 0.4) is 0 Å². The van der Waals surface area contributed by atoms with Crippen molar-refractivity contribution < 1.29 is 32.6 Å². The van der Waals surface area contributed by atoms with Crippen molar-refractivity contribution >= 4 is 33.5 Å². The summed E-state index contributed by atoms with van der Waals surface area (Å²) in [7, 11) is 0. The van der Waals surface area contributed by atoms with Gasteiger partial charge in [-0.1, -0.05) is 28.1 Å². The van der Waals surface area contributed by atoms with E-state index in [1.165, 1.54) is 30.5 Å². The molecule has 0 spiro atoms. The van der Waals surface area contributed by atoms with E-state index in [2.05, 4.69) is 31.2 Å². The van der Waals surface area contributed by atoms with Crippen molar-refractivity contribution in [3.8, 4) is 22.6 Å². The summed E-state index contributed by atoms with van der Waals surface area (Å²) in [5.41, 5.74) is 0.400. The topological polar surface area (TPSA) is 104 Å². The molecule has 0 aliphatic carbocycles. The summed E-state index contributed by atoms with van der Waals surface area (Å²) in [6.07, 6.45) is -1.67. The lowest BCUT2D eigenvalue weighted by Gasteiger charge is -2.11. The van der Waals surface area contributed by atoms with Gasteiger partial charge in [-0.2, -0.15) is 13.2 Å². The van der Waals surface area contributed by atoms with Gasteiger partial charge in [-0.25, -0.2) is 9.78 Å². The molecule has 4 rings (SSSR count). The molecule has 11 heteroatoms. The van der Waals surface area contributed by atoms with Crippen molar-refractivity contribution in [1.29, 1.82) is 0 Å². The molecule has 0 aliphatic rings. The van der Waals surface area contributed by atoms with Crippen LogP contribution in [0.4, 0.5) is 18.9 Å². The molecule has 2 aromatic heterocycles. The van der Waals surface area contributed by atoms with Gasteiger partial charge in [0, 0.05) is 34.2 Å². The van der Waals surface area contributed by atoms with Crippen molar-refractivity contribution in [2.75, 3.05) is 5.32 Å². The number of nitrogens with zero attached hydrogens (tertiary/aromatic N) is 1. The Balaban J connectivity index is 1.50. The molecule has 0 atom stereocenters. The molecule has 0 bridgehead atoms. The number of carbonyl (C=O) groups excluding carboxylic acids is 1. The van der Waals surface area contributed by atoms with Gasteiger partial charge in [0.1, 0.15) is 17.2 Å².